The van der Waals surface area contributed by atoms with Crippen LogP contribution in [-0.2, 0) is 6.54 Å². The van der Waals surface area contributed by atoms with Gasteiger partial charge in [-0.05, 0) is 44.5 Å². The number of halogens is 1. The van der Waals surface area contributed by atoms with Crippen LogP contribution in [0.15, 0.2) is 18.2 Å². The van der Waals surface area contributed by atoms with Gasteiger partial charge in [0.2, 0.25) is 0 Å². The molecular weight excluding hydrogens is 238 g/mol. The van der Waals surface area contributed by atoms with E-state index in [0.29, 0.717) is 5.02 Å². The van der Waals surface area contributed by atoms with Crippen molar-refractivity contribution in [3.63, 3.8) is 0 Å². The van der Waals surface area contributed by atoms with Crippen molar-refractivity contribution in [2.75, 3.05) is 13.7 Å². The summed E-state index contributed by atoms with van der Waals surface area (Å²) in [5.41, 5.74) is 1.05. The molecule has 0 amide bonds. The lowest BCUT2D eigenvalue weighted by Gasteiger charge is -2.10. The Morgan fingerprint density at radius 3 is 2.88 bits per heavy atom. The first kappa shape index (κ1) is 14.3. The van der Waals surface area contributed by atoms with E-state index < -0.39 is 0 Å². The third-order valence-electron chi connectivity index (χ3n) is 2.53. The third-order valence-corrected chi connectivity index (χ3v) is 2.77. The zero-order chi connectivity index (χ0) is 12.7. The summed E-state index contributed by atoms with van der Waals surface area (Å²) < 4.78 is 5.26. The third kappa shape index (κ3) is 5.39. The summed E-state index contributed by atoms with van der Waals surface area (Å²) >= 11 is 5.94. The molecule has 0 fully saturated rings. The highest BCUT2D eigenvalue weighted by Gasteiger charge is 2.03. The van der Waals surface area contributed by atoms with Gasteiger partial charge in [0.15, 0.2) is 0 Å². The van der Waals surface area contributed by atoms with Gasteiger partial charge in [0.05, 0.1) is 13.2 Å². The Morgan fingerprint density at radius 2 is 2.24 bits per heavy atom. The molecule has 0 saturated heterocycles. The van der Waals surface area contributed by atoms with Crippen LogP contribution in [0.3, 0.4) is 0 Å². The highest BCUT2D eigenvalue weighted by atomic mass is 35.5. The number of benzene rings is 1. The molecule has 1 rings (SSSR count). The molecule has 1 aromatic carbocycles. The number of hydrogen-bond donors (Lipinski definition) is 2. The molecule has 17 heavy (non-hydrogen) atoms. The lowest BCUT2D eigenvalue weighted by atomic mass is 10.2. The Bertz CT molecular complexity index is 342. The molecule has 1 aromatic rings. The molecular formula is C13H20ClNO2. The molecule has 3 nitrogen and oxygen atoms in total. The summed E-state index contributed by atoms with van der Waals surface area (Å²) in [6, 6.07) is 5.59. The van der Waals surface area contributed by atoms with E-state index in [-0.39, 0.29) is 6.10 Å². The SMILES string of the molecule is COc1ccc(Cl)cc1CNCCCC(C)O. The molecule has 0 spiro atoms. The summed E-state index contributed by atoms with van der Waals surface area (Å²) in [5, 5.41) is 13.1. The average molecular weight is 258 g/mol. The van der Waals surface area contributed by atoms with Crippen LogP contribution in [-0.4, -0.2) is 24.9 Å². The first-order chi connectivity index (χ1) is 8.13. The fourth-order valence-corrected chi connectivity index (χ4v) is 1.83. The zero-order valence-electron chi connectivity index (χ0n) is 10.4. The summed E-state index contributed by atoms with van der Waals surface area (Å²) in [6.07, 6.45) is 1.55. The van der Waals surface area contributed by atoms with E-state index in [4.69, 9.17) is 21.4 Å². The molecule has 0 radical (unpaired) electrons. The Labute approximate surface area is 108 Å². The lowest BCUT2D eigenvalue weighted by molar-refractivity contribution is 0.181. The monoisotopic (exact) mass is 257 g/mol. The summed E-state index contributed by atoms with van der Waals surface area (Å²) in [7, 11) is 1.65. The molecule has 0 bridgehead atoms. The van der Waals surface area contributed by atoms with Gasteiger partial charge in [0, 0.05) is 17.1 Å². The normalized spacial score (nSPS) is 12.5. The van der Waals surface area contributed by atoms with E-state index in [1.807, 2.05) is 18.2 Å². The highest BCUT2D eigenvalue weighted by molar-refractivity contribution is 6.30. The van der Waals surface area contributed by atoms with Gasteiger partial charge in [-0.3, -0.25) is 0 Å². The summed E-state index contributed by atoms with van der Waals surface area (Å²) in [6.45, 7) is 3.41. The number of aliphatic hydroxyl groups is 1. The fourth-order valence-electron chi connectivity index (χ4n) is 1.63. The average Bonchev–Trinajstić information content (AvgIpc) is 2.28. The van der Waals surface area contributed by atoms with Gasteiger partial charge in [-0.1, -0.05) is 11.6 Å². The van der Waals surface area contributed by atoms with Gasteiger partial charge in [0.1, 0.15) is 5.75 Å². The Hall–Kier alpha value is -0.770. The van der Waals surface area contributed by atoms with E-state index in [2.05, 4.69) is 5.32 Å². The van der Waals surface area contributed by atoms with Crippen LogP contribution in [0.5, 0.6) is 5.75 Å². The second kappa shape index (κ2) is 7.54. The quantitative estimate of drug-likeness (QED) is 0.738. The van der Waals surface area contributed by atoms with Crippen molar-refractivity contribution in [1.29, 1.82) is 0 Å². The highest BCUT2D eigenvalue weighted by Crippen LogP contribution is 2.22. The van der Waals surface area contributed by atoms with Gasteiger partial charge in [-0.25, -0.2) is 0 Å². The minimum atomic E-state index is -0.225. The van der Waals surface area contributed by atoms with Crippen molar-refractivity contribution < 1.29 is 9.84 Å². The summed E-state index contributed by atoms with van der Waals surface area (Å²) in [4.78, 5) is 0. The van der Waals surface area contributed by atoms with Crippen molar-refractivity contribution in [1.82, 2.24) is 5.32 Å². The molecule has 0 aromatic heterocycles. The first-order valence-corrected chi connectivity index (χ1v) is 6.22. The molecule has 4 heteroatoms. The second-order valence-corrected chi connectivity index (χ2v) is 4.56. The standard InChI is InChI=1S/C13H20ClNO2/c1-10(16)4-3-7-15-9-11-8-12(14)5-6-13(11)17-2/h5-6,8,10,15-16H,3-4,7,9H2,1-2H3. The predicted molar refractivity (Wildman–Crippen MR) is 70.6 cm³/mol. The number of ether oxygens (including phenoxy) is 1. The molecule has 1 atom stereocenters. The van der Waals surface area contributed by atoms with Gasteiger partial charge in [0.25, 0.3) is 0 Å². The van der Waals surface area contributed by atoms with Crippen LogP contribution in [0.4, 0.5) is 0 Å². The van der Waals surface area contributed by atoms with Gasteiger partial charge in [-0.2, -0.15) is 0 Å². The molecule has 0 aliphatic heterocycles. The van der Waals surface area contributed by atoms with Crippen LogP contribution in [0, 0.1) is 0 Å². The van der Waals surface area contributed by atoms with Gasteiger partial charge >= 0.3 is 0 Å². The number of rotatable bonds is 7. The van der Waals surface area contributed by atoms with E-state index in [9.17, 15) is 0 Å². The lowest BCUT2D eigenvalue weighted by Crippen LogP contribution is -2.16. The van der Waals surface area contributed by atoms with E-state index in [1.165, 1.54) is 0 Å². The predicted octanol–water partition coefficient (Wildman–Crippen LogP) is 2.60. The summed E-state index contributed by atoms with van der Waals surface area (Å²) in [5.74, 6) is 0.845. The van der Waals surface area contributed by atoms with Crippen LogP contribution in [0.25, 0.3) is 0 Å². The van der Waals surface area contributed by atoms with Crippen molar-refractivity contribution in [2.45, 2.75) is 32.4 Å². The number of nitrogens with one attached hydrogen (secondary N) is 1. The van der Waals surface area contributed by atoms with Crippen LogP contribution < -0.4 is 10.1 Å². The molecule has 0 aliphatic rings. The molecule has 0 saturated carbocycles. The second-order valence-electron chi connectivity index (χ2n) is 4.12. The largest absolute Gasteiger partial charge is 0.496 e. The maximum Gasteiger partial charge on any atom is 0.123 e. The van der Waals surface area contributed by atoms with Gasteiger partial charge < -0.3 is 15.2 Å². The minimum Gasteiger partial charge on any atom is -0.496 e. The maximum absolute atomic E-state index is 9.12. The van der Waals surface area contributed by atoms with Crippen LogP contribution in [0.2, 0.25) is 5.02 Å². The number of hydrogen-bond acceptors (Lipinski definition) is 3. The topological polar surface area (TPSA) is 41.5 Å². The van der Waals surface area contributed by atoms with Crippen LogP contribution in [0.1, 0.15) is 25.3 Å². The molecule has 0 heterocycles. The number of aliphatic hydroxyl groups excluding tert-OH is 1. The Kier molecular flexibility index (Phi) is 6.34. The minimum absolute atomic E-state index is 0.225. The van der Waals surface area contributed by atoms with Crippen molar-refractivity contribution in [3.05, 3.63) is 28.8 Å². The maximum atomic E-state index is 9.12. The zero-order valence-corrected chi connectivity index (χ0v) is 11.1. The smallest absolute Gasteiger partial charge is 0.123 e. The van der Waals surface area contributed by atoms with Crippen molar-refractivity contribution in [3.8, 4) is 5.75 Å². The van der Waals surface area contributed by atoms with Crippen molar-refractivity contribution in [2.24, 2.45) is 0 Å². The molecule has 0 aliphatic carbocycles. The van der Waals surface area contributed by atoms with E-state index in [1.54, 1.807) is 14.0 Å². The Morgan fingerprint density at radius 1 is 1.47 bits per heavy atom. The Balaban J connectivity index is 2.37. The molecule has 1 unspecified atom stereocenters. The molecule has 2 N–H and O–H groups in total. The van der Waals surface area contributed by atoms with E-state index in [0.717, 1.165) is 37.2 Å². The fraction of sp³-hybridized carbons (Fsp3) is 0.538. The first-order valence-electron chi connectivity index (χ1n) is 5.84. The molecule has 96 valence electrons. The van der Waals surface area contributed by atoms with E-state index >= 15 is 0 Å². The van der Waals surface area contributed by atoms with Gasteiger partial charge in [-0.15, -0.1) is 0 Å². The van der Waals surface area contributed by atoms with Crippen molar-refractivity contribution >= 4 is 11.6 Å². The van der Waals surface area contributed by atoms with Crippen LogP contribution >= 0.6 is 11.6 Å². The number of methoxy groups -OCH3 is 1.